The highest BCUT2D eigenvalue weighted by molar-refractivity contribution is 5.23. The average Bonchev–Trinajstić information content (AvgIpc) is 2.69. The molecule has 0 radical (unpaired) electrons. The van der Waals surface area contributed by atoms with Crippen LogP contribution < -0.4 is 5.32 Å². The molecule has 0 fully saturated rings. The van der Waals surface area contributed by atoms with Gasteiger partial charge in [-0.05, 0) is 19.9 Å². The van der Waals surface area contributed by atoms with Crippen LogP contribution in [0, 0.1) is 19.7 Å². The number of oxazole rings is 1. The minimum Gasteiger partial charge on any atom is -0.445 e. The summed E-state index contributed by atoms with van der Waals surface area (Å²) in [6.45, 7) is 4.76. The predicted octanol–water partition coefficient (Wildman–Crippen LogP) is 2.72. The van der Waals surface area contributed by atoms with E-state index < -0.39 is 0 Å². The number of rotatable bonds is 4. The average molecular weight is 234 g/mol. The van der Waals surface area contributed by atoms with Crippen LogP contribution in [0.2, 0.25) is 0 Å². The predicted molar refractivity (Wildman–Crippen MR) is 62.9 cm³/mol. The Morgan fingerprint density at radius 2 is 2.12 bits per heavy atom. The van der Waals surface area contributed by atoms with Crippen LogP contribution in [0.25, 0.3) is 0 Å². The van der Waals surface area contributed by atoms with E-state index in [-0.39, 0.29) is 5.82 Å². The Balaban J connectivity index is 1.91. The molecule has 2 rings (SSSR count). The Hall–Kier alpha value is -1.68. The summed E-state index contributed by atoms with van der Waals surface area (Å²) in [6.07, 6.45) is 1.67. The zero-order valence-electron chi connectivity index (χ0n) is 9.96. The highest BCUT2D eigenvalue weighted by atomic mass is 19.1. The van der Waals surface area contributed by atoms with Crippen molar-refractivity contribution in [3.63, 3.8) is 0 Å². The van der Waals surface area contributed by atoms with E-state index in [1.54, 1.807) is 12.3 Å². The van der Waals surface area contributed by atoms with E-state index in [4.69, 9.17) is 4.42 Å². The van der Waals surface area contributed by atoms with Crippen molar-refractivity contribution in [1.29, 1.82) is 0 Å². The smallest absolute Gasteiger partial charge is 0.208 e. The molecule has 17 heavy (non-hydrogen) atoms. The molecule has 0 spiro atoms. The lowest BCUT2D eigenvalue weighted by atomic mass is 10.1. The maximum Gasteiger partial charge on any atom is 0.208 e. The van der Waals surface area contributed by atoms with E-state index >= 15 is 0 Å². The van der Waals surface area contributed by atoms with E-state index in [0.717, 1.165) is 11.3 Å². The first kappa shape index (κ1) is 11.8. The Bertz CT molecular complexity index is 508. The molecule has 4 heteroatoms. The topological polar surface area (TPSA) is 38.1 Å². The second-order valence-electron chi connectivity index (χ2n) is 4.06. The van der Waals surface area contributed by atoms with Crippen LogP contribution in [-0.2, 0) is 13.1 Å². The third-order valence-corrected chi connectivity index (χ3v) is 2.46. The number of benzene rings is 1. The van der Waals surface area contributed by atoms with Crippen LogP contribution in [-0.4, -0.2) is 4.98 Å². The number of nitrogens with one attached hydrogen (secondary N) is 1. The van der Waals surface area contributed by atoms with Crippen molar-refractivity contribution in [3.05, 3.63) is 53.0 Å². The van der Waals surface area contributed by atoms with Crippen LogP contribution in [0.5, 0.6) is 0 Å². The SMILES string of the molecule is Cc1ccc(F)c(CNCc2ncc(C)o2)c1. The molecule has 1 heterocycles. The van der Waals surface area contributed by atoms with Crippen molar-refractivity contribution >= 4 is 0 Å². The fourth-order valence-corrected chi connectivity index (χ4v) is 1.63. The second-order valence-corrected chi connectivity index (χ2v) is 4.06. The molecule has 0 amide bonds. The Labute approximate surface area is 99.7 Å². The number of nitrogens with zero attached hydrogens (tertiary/aromatic N) is 1. The van der Waals surface area contributed by atoms with Gasteiger partial charge in [0, 0.05) is 12.1 Å². The van der Waals surface area contributed by atoms with Crippen molar-refractivity contribution in [2.45, 2.75) is 26.9 Å². The Morgan fingerprint density at radius 3 is 2.82 bits per heavy atom. The molecule has 1 aromatic heterocycles. The van der Waals surface area contributed by atoms with Gasteiger partial charge in [0.05, 0.1) is 12.7 Å². The molecule has 0 aliphatic heterocycles. The molecule has 0 atom stereocenters. The van der Waals surface area contributed by atoms with E-state index in [2.05, 4.69) is 10.3 Å². The second kappa shape index (κ2) is 5.10. The maximum atomic E-state index is 13.4. The van der Waals surface area contributed by atoms with Crippen LogP contribution in [0.1, 0.15) is 22.8 Å². The van der Waals surface area contributed by atoms with Crippen LogP contribution in [0.3, 0.4) is 0 Å². The van der Waals surface area contributed by atoms with Gasteiger partial charge in [-0.1, -0.05) is 17.7 Å². The normalized spacial score (nSPS) is 10.8. The van der Waals surface area contributed by atoms with E-state index in [0.29, 0.717) is 24.5 Å². The molecule has 1 aromatic carbocycles. The molecular weight excluding hydrogens is 219 g/mol. The van der Waals surface area contributed by atoms with Gasteiger partial charge in [-0.25, -0.2) is 9.37 Å². The van der Waals surface area contributed by atoms with Gasteiger partial charge >= 0.3 is 0 Å². The van der Waals surface area contributed by atoms with Gasteiger partial charge in [0.25, 0.3) is 0 Å². The van der Waals surface area contributed by atoms with Gasteiger partial charge < -0.3 is 9.73 Å². The van der Waals surface area contributed by atoms with Crippen LogP contribution in [0.4, 0.5) is 4.39 Å². The van der Waals surface area contributed by atoms with Crippen molar-refractivity contribution in [1.82, 2.24) is 10.3 Å². The molecule has 0 saturated heterocycles. The van der Waals surface area contributed by atoms with Gasteiger partial charge in [-0.15, -0.1) is 0 Å². The highest BCUT2D eigenvalue weighted by Crippen LogP contribution is 2.10. The first-order chi connectivity index (χ1) is 8.15. The summed E-state index contributed by atoms with van der Waals surface area (Å²) < 4.78 is 18.7. The van der Waals surface area contributed by atoms with E-state index in [1.807, 2.05) is 19.9 Å². The quantitative estimate of drug-likeness (QED) is 0.883. The molecule has 3 nitrogen and oxygen atoms in total. The lowest BCUT2D eigenvalue weighted by molar-refractivity contribution is 0.447. The minimum atomic E-state index is -0.188. The molecule has 2 aromatic rings. The molecule has 0 bridgehead atoms. The molecule has 0 aliphatic rings. The summed E-state index contributed by atoms with van der Waals surface area (Å²) in [7, 11) is 0. The summed E-state index contributed by atoms with van der Waals surface area (Å²) in [5, 5.41) is 3.10. The van der Waals surface area contributed by atoms with Gasteiger partial charge in [0.1, 0.15) is 11.6 Å². The lowest BCUT2D eigenvalue weighted by Crippen LogP contribution is -2.14. The van der Waals surface area contributed by atoms with Crippen molar-refractivity contribution < 1.29 is 8.81 Å². The van der Waals surface area contributed by atoms with Gasteiger partial charge in [0.15, 0.2) is 0 Å². The highest BCUT2D eigenvalue weighted by Gasteiger charge is 2.03. The number of halogens is 1. The molecular formula is C13H15FN2O. The number of hydrogen-bond donors (Lipinski definition) is 1. The summed E-state index contributed by atoms with van der Waals surface area (Å²) in [5.74, 6) is 1.21. The first-order valence-corrected chi connectivity index (χ1v) is 5.52. The fraction of sp³-hybridized carbons (Fsp3) is 0.308. The summed E-state index contributed by atoms with van der Waals surface area (Å²) >= 11 is 0. The standard InChI is InChI=1S/C13H15FN2O/c1-9-3-4-12(14)11(5-9)7-15-8-13-16-6-10(2)17-13/h3-6,15H,7-8H2,1-2H3. The molecule has 0 unspecified atom stereocenters. The largest absolute Gasteiger partial charge is 0.445 e. The zero-order valence-corrected chi connectivity index (χ0v) is 9.96. The minimum absolute atomic E-state index is 0.188. The van der Waals surface area contributed by atoms with Crippen LogP contribution >= 0.6 is 0 Å². The summed E-state index contributed by atoms with van der Waals surface area (Å²) in [5.41, 5.74) is 1.71. The Kier molecular flexibility index (Phi) is 3.54. The van der Waals surface area contributed by atoms with Crippen molar-refractivity contribution in [2.24, 2.45) is 0 Å². The molecule has 90 valence electrons. The van der Waals surface area contributed by atoms with Gasteiger partial charge in [-0.3, -0.25) is 0 Å². The monoisotopic (exact) mass is 234 g/mol. The number of aryl methyl sites for hydroxylation is 2. The summed E-state index contributed by atoms with van der Waals surface area (Å²) in [6, 6.07) is 5.08. The molecule has 0 saturated carbocycles. The van der Waals surface area contributed by atoms with Crippen LogP contribution in [0.15, 0.2) is 28.8 Å². The number of hydrogen-bond acceptors (Lipinski definition) is 3. The van der Waals surface area contributed by atoms with Crippen molar-refractivity contribution in [3.8, 4) is 0 Å². The van der Waals surface area contributed by atoms with E-state index in [1.165, 1.54) is 6.07 Å². The Morgan fingerprint density at radius 1 is 1.29 bits per heavy atom. The maximum absolute atomic E-state index is 13.4. The number of aromatic nitrogens is 1. The fourth-order valence-electron chi connectivity index (χ4n) is 1.63. The third kappa shape index (κ3) is 3.14. The zero-order chi connectivity index (χ0) is 12.3. The van der Waals surface area contributed by atoms with E-state index in [9.17, 15) is 4.39 Å². The lowest BCUT2D eigenvalue weighted by Gasteiger charge is -2.05. The van der Waals surface area contributed by atoms with Gasteiger partial charge in [-0.2, -0.15) is 0 Å². The molecule has 1 N–H and O–H groups in total. The third-order valence-electron chi connectivity index (χ3n) is 2.46. The summed E-state index contributed by atoms with van der Waals surface area (Å²) in [4.78, 5) is 4.06. The van der Waals surface area contributed by atoms with Crippen molar-refractivity contribution in [2.75, 3.05) is 0 Å². The molecule has 0 aliphatic carbocycles. The van der Waals surface area contributed by atoms with Gasteiger partial charge in [0.2, 0.25) is 5.89 Å². The first-order valence-electron chi connectivity index (χ1n) is 5.52.